The summed E-state index contributed by atoms with van der Waals surface area (Å²) >= 11 is 0. The van der Waals surface area contributed by atoms with Crippen molar-refractivity contribution in [1.29, 1.82) is 0 Å². The van der Waals surface area contributed by atoms with Gasteiger partial charge in [-0.3, -0.25) is 4.79 Å². The Hall–Kier alpha value is -2.01. The van der Waals surface area contributed by atoms with Crippen LogP contribution in [0, 0.1) is 0 Å². The first kappa shape index (κ1) is 17.0. The van der Waals surface area contributed by atoms with Crippen molar-refractivity contribution in [3.05, 3.63) is 36.4 Å². The van der Waals surface area contributed by atoms with Crippen molar-refractivity contribution in [1.82, 2.24) is 10.6 Å². The molecule has 1 aromatic rings. The number of nitrogens with one attached hydrogen (secondary N) is 2. The van der Waals surface area contributed by atoms with Crippen molar-refractivity contribution in [2.45, 2.75) is 19.9 Å². The molecule has 0 bridgehead atoms. The van der Waals surface area contributed by atoms with Crippen LogP contribution in [0.4, 0.5) is 0 Å². The van der Waals surface area contributed by atoms with Gasteiger partial charge in [0.25, 0.3) is 5.91 Å². The first-order valence-electron chi connectivity index (χ1n) is 7.04. The van der Waals surface area contributed by atoms with Gasteiger partial charge < -0.3 is 20.1 Å². The lowest BCUT2D eigenvalue weighted by molar-refractivity contribution is -0.122. The Morgan fingerprint density at radius 1 is 1.43 bits per heavy atom. The monoisotopic (exact) mass is 292 g/mol. The Morgan fingerprint density at radius 3 is 2.81 bits per heavy atom. The van der Waals surface area contributed by atoms with Gasteiger partial charge in [-0.15, -0.1) is 6.58 Å². The lowest BCUT2D eigenvalue weighted by atomic mass is 10.1. The van der Waals surface area contributed by atoms with E-state index >= 15 is 0 Å². The van der Waals surface area contributed by atoms with Crippen molar-refractivity contribution >= 4 is 5.91 Å². The van der Waals surface area contributed by atoms with Crippen LogP contribution in [0.15, 0.2) is 30.9 Å². The van der Waals surface area contributed by atoms with E-state index in [0.717, 1.165) is 12.1 Å². The van der Waals surface area contributed by atoms with Gasteiger partial charge in [-0.2, -0.15) is 0 Å². The maximum atomic E-state index is 11.5. The Kier molecular flexibility index (Phi) is 7.32. The molecule has 1 unspecified atom stereocenters. The van der Waals surface area contributed by atoms with Crippen molar-refractivity contribution in [2.75, 3.05) is 26.8 Å². The number of carbonyl (C=O) groups is 1. The summed E-state index contributed by atoms with van der Waals surface area (Å²) < 4.78 is 10.8. The molecular formula is C16H24N2O3. The molecule has 5 nitrogen and oxygen atoms in total. The van der Waals surface area contributed by atoms with Crippen LogP contribution < -0.4 is 20.1 Å². The van der Waals surface area contributed by atoms with Gasteiger partial charge >= 0.3 is 0 Å². The molecule has 1 aromatic carbocycles. The molecule has 2 N–H and O–H groups in total. The molecule has 0 heterocycles. The number of hydrogen-bond donors (Lipinski definition) is 2. The van der Waals surface area contributed by atoms with Gasteiger partial charge in [0.05, 0.1) is 7.11 Å². The first-order valence-corrected chi connectivity index (χ1v) is 7.04. The Labute approximate surface area is 126 Å². The van der Waals surface area contributed by atoms with Crippen LogP contribution in [0.5, 0.6) is 11.5 Å². The lowest BCUT2D eigenvalue weighted by Gasteiger charge is -2.16. The van der Waals surface area contributed by atoms with Gasteiger partial charge in [-0.25, -0.2) is 0 Å². The Morgan fingerprint density at radius 2 is 2.19 bits per heavy atom. The molecule has 5 heteroatoms. The topological polar surface area (TPSA) is 59.6 Å². The molecule has 0 radical (unpaired) electrons. The van der Waals surface area contributed by atoms with Crippen molar-refractivity contribution in [2.24, 2.45) is 0 Å². The van der Waals surface area contributed by atoms with Gasteiger partial charge in [-0.1, -0.05) is 19.1 Å². The minimum atomic E-state index is -0.193. The van der Waals surface area contributed by atoms with E-state index in [1.165, 1.54) is 0 Å². The normalized spacial score (nSPS) is 11.6. The average Bonchev–Trinajstić information content (AvgIpc) is 2.50. The molecule has 0 aliphatic carbocycles. The molecule has 0 spiro atoms. The van der Waals surface area contributed by atoms with E-state index in [2.05, 4.69) is 31.1 Å². The van der Waals surface area contributed by atoms with Crippen LogP contribution in [0.3, 0.4) is 0 Å². The SMILES string of the molecule is C=CCNC(=O)COc1ccc(C(C)NCC)cc1OC. The molecule has 116 valence electrons. The van der Waals surface area contributed by atoms with Gasteiger partial charge in [0, 0.05) is 12.6 Å². The zero-order chi connectivity index (χ0) is 15.7. The van der Waals surface area contributed by atoms with E-state index < -0.39 is 0 Å². The largest absolute Gasteiger partial charge is 0.493 e. The quantitative estimate of drug-likeness (QED) is 0.684. The van der Waals surface area contributed by atoms with Gasteiger partial charge in [0.1, 0.15) is 0 Å². The zero-order valence-electron chi connectivity index (χ0n) is 12.9. The minimum Gasteiger partial charge on any atom is -0.493 e. The highest BCUT2D eigenvalue weighted by Gasteiger charge is 2.11. The molecule has 21 heavy (non-hydrogen) atoms. The number of ether oxygens (including phenoxy) is 2. The average molecular weight is 292 g/mol. The maximum Gasteiger partial charge on any atom is 0.258 e. The fourth-order valence-electron chi connectivity index (χ4n) is 1.88. The third-order valence-electron chi connectivity index (χ3n) is 3.00. The highest BCUT2D eigenvalue weighted by atomic mass is 16.5. The number of methoxy groups -OCH3 is 1. The maximum absolute atomic E-state index is 11.5. The molecule has 0 fully saturated rings. The fraction of sp³-hybridized carbons (Fsp3) is 0.438. The molecule has 1 atom stereocenters. The number of hydrogen-bond acceptors (Lipinski definition) is 4. The van der Waals surface area contributed by atoms with E-state index in [4.69, 9.17) is 9.47 Å². The van der Waals surface area contributed by atoms with Crippen LogP contribution >= 0.6 is 0 Å². The molecule has 0 aliphatic heterocycles. The van der Waals surface area contributed by atoms with Crippen LogP contribution in [-0.4, -0.2) is 32.7 Å². The fourth-order valence-corrected chi connectivity index (χ4v) is 1.88. The van der Waals surface area contributed by atoms with Gasteiger partial charge in [0.15, 0.2) is 18.1 Å². The third kappa shape index (κ3) is 5.47. The Balaban J connectivity index is 2.70. The summed E-state index contributed by atoms with van der Waals surface area (Å²) in [6.45, 7) is 8.96. The summed E-state index contributed by atoms with van der Waals surface area (Å²) in [6.07, 6.45) is 1.62. The van der Waals surface area contributed by atoms with Crippen molar-refractivity contribution < 1.29 is 14.3 Å². The lowest BCUT2D eigenvalue weighted by Crippen LogP contribution is -2.28. The zero-order valence-corrected chi connectivity index (χ0v) is 12.9. The summed E-state index contributed by atoms with van der Waals surface area (Å²) in [5, 5.41) is 5.99. The second-order valence-corrected chi connectivity index (χ2v) is 4.57. The second-order valence-electron chi connectivity index (χ2n) is 4.57. The predicted octanol–water partition coefficient (Wildman–Crippen LogP) is 2.05. The number of benzene rings is 1. The van der Waals surface area contributed by atoms with Crippen molar-refractivity contribution in [3.8, 4) is 11.5 Å². The van der Waals surface area contributed by atoms with E-state index in [0.29, 0.717) is 18.0 Å². The molecule has 1 amide bonds. The standard InChI is InChI=1S/C16H24N2O3/c1-5-9-18-16(19)11-21-14-8-7-13(10-15(14)20-4)12(3)17-6-2/h5,7-8,10,12,17H,1,6,9,11H2,2-4H3,(H,18,19). The van der Waals surface area contributed by atoms with Crippen LogP contribution in [-0.2, 0) is 4.79 Å². The highest BCUT2D eigenvalue weighted by molar-refractivity contribution is 5.77. The number of carbonyl (C=O) groups excluding carboxylic acids is 1. The molecule has 0 aliphatic rings. The van der Waals surface area contributed by atoms with E-state index in [1.54, 1.807) is 13.2 Å². The number of amides is 1. The smallest absolute Gasteiger partial charge is 0.258 e. The molecule has 0 aromatic heterocycles. The summed E-state index contributed by atoms with van der Waals surface area (Å²) in [6, 6.07) is 5.94. The van der Waals surface area contributed by atoms with Crippen LogP contribution in [0.1, 0.15) is 25.5 Å². The highest BCUT2D eigenvalue weighted by Crippen LogP contribution is 2.30. The van der Waals surface area contributed by atoms with Crippen LogP contribution in [0.25, 0.3) is 0 Å². The summed E-state index contributed by atoms with van der Waals surface area (Å²) in [5.74, 6) is 0.981. The van der Waals surface area contributed by atoms with Crippen molar-refractivity contribution in [3.63, 3.8) is 0 Å². The first-order chi connectivity index (χ1) is 10.1. The molecule has 0 saturated heterocycles. The minimum absolute atomic E-state index is 0.0493. The second kappa shape index (κ2) is 9.02. The van der Waals surface area contributed by atoms with E-state index in [9.17, 15) is 4.79 Å². The molecule has 1 rings (SSSR count). The van der Waals surface area contributed by atoms with E-state index in [-0.39, 0.29) is 18.6 Å². The summed E-state index contributed by atoms with van der Waals surface area (Å²) in [5.41, 5.74) is 1.11. The molecular weight excluding hydrogens is 268 g/mol. The third-order valence-corrected chi connectivity index (χ3v) is 3.00. The Bertz CT molecular complexity index is 475. The van der Waals surface area contributed by atoms with E-state index in [1.807, 2.05) is 18.2 Å². The summed E-state index contributed by atoms with van der Waals surface area (Å²) in [7, 11) is 1.58. The molecule has 0 saturated carbocycles. The van der Waals surface area contributed by atoms with Gasteiger partial charge in [-0.05, 0) is 31.2 Å². The predicted molar refractivity (Wildman–Crippen MR) is 83.8 cm³/mol. The number of rotatable bonds is 9. The van der Waals surface area contributed by atoms with Crippen LogP contribution in [0.2, 0.25) is 0 Å². The summed E-state index contributed by atoms with van der Waals surface area (Å²) in [4.78, 5) is 11.5. The van der Waals surface area contributed by atoms with Gasteiger partial charge in [0.2, 0.25) is 0 Å².